The SMILES string of the molecule is Cc1cccc(S(=O)(=O)Nc2cccc(-c3ccc(N4CCN(C)CC4)nn3)c2)c1. The van der Waals surface area contributed by atoms with Gasteiger partial charge in [0.15, 0.2) is 5.82 Å². The number of likely N-dealkylation sites (N-methyl/N-ethyl adjacent to an activating group) is 1. The van der Waals surface area contributed by atoms with Crippen molar-refractivity contribution in [2.45, 2.75) is 11.8 Å². The van der Waals surface area contributed by atoms with Gasteiger partial charge in [0.05, 0.1) is 10.6 Å². The molecule has 0 radical (unpaired) electrons. The van der Waals surface area contributed by atoms with Crippen LogP contribution in [-0.2, 0) is 10.0 Å². The molecule has 1 aromatic heterocycles. The van der Waals surface area contributed by atoms with Gasteiger partial charge in [0.1, 0.15) is 0 Å². The highest BCUT2D eigenvalue weighted by Gasteiger charge is 2.17. The summed E-state index contributed by atoms with van der Waals surface area (Å²) in [7, 11) is -1.54. The summed E-state index contributed by atoms with van der Waals surface area (Å²) in [6.07, 6.45) is 0. The van der Waals surface area contributed by atoms with Gasteiger partial charge in [0.25, 0.3) is 10.0 Å². The molecule has 1 N–H and O–H groups in total. The van der Waals surface area contributed by atoms with Gasteiger partial charge in [0, 0.05) is 37.4 Å². The Kier molecular flexibility index (Phi) is 5.69. The van der Waals surface area contributed by atoms with Gasteiger partial charge in [-0.2, -0.15) is 0 Å². The van der Waals surface area contributed by atoms with E-state index in [9.17, 15) is 8.42 Å². The maximum atomic E-state index is 12.7. The average molecular weight is 424 g/mol. The highest BCUT2D eigenvalue weighted by atomic mass is 32.2. The maximum Gasteiger partial charge on any atom is 0.261 e. The number of sulfonamides is 1. The van der Waals surface area contributed by atoms with Gasteiger partial charge in [-0.3, -0.25) is 4.72 Å². The minimum atomic E-state index is -3.66. The van der Waals surface area contributed by atoms with Crippen LogP contribution in [0.1, 0.15) is 5.56 Å². The number of anilines is 2. The normalized spacial score (nSPS) is 15.2. The molecule has 3 aromatic rings. The Hall–Kier alpha value is -2.97. The predicted molar refractivity (Wildman–Crippen MR) is 119 cm³/mol. The van der Waals surface area contributed by atoms with Crippen molar-refractivity contribution in [1.82, 2.24) is 15.1 Å². The standard InChI is InChI=1S/C22H25N5O2S/c1-17-5-3-8-20(15-17)30(28,29)25-19-7-4-6-18(16-19)21-9-10-22(24-23-21)27-13-11-26(2)12-14-27/h3-10,15-16,25H,11-14H2,1-2H3. The molecule has 1 fully saturated rings. The first-order valence-electron chi connectivity index (χ1n) is 9.88. The third-order valence-corrected chi connectivity index (χ3v) is 6.57. The van der Waals surface area contributed by atoms with E-state index in [0.29, 0.717) is 11.4 Å². The number of nitrogens with zero attached hydrogens (tertiary/aromatic N) is 4. The van der Waals surface area contributed by atoms with Gasteiger partial charge in [-0.05, 0) is 55.9 Å². The second-order valence-corrected chi connectivity index (χ2v) is 9.25. The third-order valence-electron chi connectivity index (χ3n) is 5.19. The maximum absolute atomic E-state index is 12.7. The van der Waals surface area contributed by atoms with Crippen molar-refractivity contribution in [2.24, 2.45) is 0 Å². The van der Waals surface area contributed by atoms with Crippen molar-refractivity contribution in [1.29, 1.82) is 0 Å². The predicted octanol–water partition coefficient (Wildman–Crippen LogP) is 3.00. The van der Waals surface area contributed by atoms with Gasteiger partial charge >= 0.3 is 0 Å². The number of hydrogen-bond donors (Lipinski definition) is 1. The lowest BCUT2D eigenvalue weighted by Gasteiger charge is -2.32. The molecular weight excluding hydrogens is 398 g/mol. The lowest BCUT2D eigenvalue weighted by Crippen LogP contribution is -2.44. The summed E-state index contributed by atoms with van der Waals surface area (Å²) >= 11 is 0. The Morgan fingerprint density at radius 2 is 1.67 bits per heavy atom. The summed E-state index contributed by atoms with van der Waals surface area (Å²) in [6, 6.07) is 17.9. The van der Waals surface area contributed by atoms with E-state index in [-0.39, 0.29) is 4.90 Å². The first kappa shape index (κ1) is 20.3. The Morgan fingerprint density at radius 3 is 2.37 bits per heavy atom. The highest BCUT2D eigenvalue weighted by Crippen LogP contribution is 2.24. The second-order valence-electron chi connectivity index (χ2n) is 7.57. The quantitative estimate of drug-likeness (QED) is 0.680. The van der Waals surface area contributed by atoms with Crippen LogP contribution in [0.15, 0.2) is 65.6 Å². The van der Waals surface area contributed by atoms with E-state index in [1.807, 2.05) is 31.2 Å². The number of aryl methyl sites for hydroxylation is 1. The molecular formula is C22H25N5O2S. The molecule has 8 heteroatoms. The summed E-state index contributed by atoms with van der Waals surface area (Å²) in [6.45, 7) is 5.74. The first-order valence-corrected chi connectivity index (χ1v) is 11.4. The molecule has 0 bridgehead atoms. The molecule has 2 aromatic carbocycles. The van der Waals surface area contributed by atoms with Crippen molar-refractivity contribution < 1.29 is 8.42 Å². The Morgan fingerprint density at radius 1 is 0.900 bits per heavy atom. The van der Waals surface area contributed by atoms with Crippen molar-refractivity contribution in [3.05, 3.63) is 66.2 Å². The number of benzene rings is 2. The lowest BCUT2D eigenvalue weighted by molar-refractivity contribution is 0.312. The van der Waals surface area contributed by atoms with Crippen LogP contribution < -0.4 is 9.62 Å². The molecule has 7 nitrogen and oxygen atoms in total. The van der Waals surface area contributed by atoms with Gasteiger partial charge < -0.3 is 9.80 Å². The second kappa shape index (κ2) is 8.41. The van der Waals surface area contributed by atoms with Crippen LogP contribution in [-0.4, -0.2) is 56.7 Å². The number of piperazine rings is 1. The summed E-state index contributed by atoms with van der Waals surface area (Å²) in [5.41, 5.74) is 2.88. The number of rotatable bonds is 5. The highest BCUT2D eigenvalue weighted by molar-refractivity contribution is 7.92. The van der Waals surface area contributed by atoms with Crippen LogP contribution in [0.5, 0.6) is 0 Å². The van der Waals surface area contributed by atoms with Crippen LogP contribution in [0.3, 0.4) is 0 Å². The van der Waals surface area contributed by atoms with Crippen molar-refractivity contribution >= 4 is 21.5 Å². The average Bonchev–Trinajstić information content (AvgIpc) is 2.74. The third kappa shape index (κ3) is 4.60. The van der Waals surface area contributed by atoms with Crippen LogP contribution in [0.2, 0.25) is 0 Å². The zero-order valence-corrected chi connectivity index (χ0v) is 17.9. The van der Waals surface area contributed by atoms with Gasteiger partial charge in [0.2, 0.25) is 0 Å². The molecule has 156 valence electrons. The summed E-state index contributed by atoms with van der Waals surface area (Å²) in [5.74, 6) is 0.864. The van der Waals surface area contributed by atoms with E-state index in [4.69, 9.17) is 0 Å². The fourth-order valence-corrected chi connectivity index (χ4v) is 4.58. The molecule has 0 spiro atoms. The molecule has 0 aliphatic carbocycles. The molecule has 0 atom stereocenters. The molecule has 1 aliphatic rings. The van der Waals surface area contributed by atoms with E-state index in [1.165, 1.54) is 0 Å². The van der Waals surface area contributed by atoms with Gasteiger partial charge in [-0.15, -0.1) is 10.2 Å². The molecule has 0 unspecified atom stereocenters. The van der Waals surface area contributed by atoms with Crippen molar-refractivity contribution in [2.75, 3.05) is 42.8 Å². The summed E-state index contributed by atoms with van der Waals surface area (Å²) in [4.78, 5) is 4.76. The molecule has 1 aliphatic heterocycles. The molecule has 0 amide bonds. The van der Waals surface area contributed by atoms with Gasteiger partial charge in [-0.1, -0.05) is 24.3 Å². The van der Waals surface area contributed by atoms with E-state index < -0.39 is 10.0 Å². The van der Waals surface area contributed by atoms with Crippen LogP contribution in [0.4, 0.5) is 11.5 Å². The number of hydrogen-bond acceptors (Lipinski definition) is 6. The first-order chi connectivity index (χ1) is 14.4. The molecule has 0 saturated carbocycles. The fourth-order valence-electron chi connectivity index (χ4n) is 3.42. The van der Waals surface area contributed by atoms with Crippen molar-refractivity contribution in [3.63, 3.8) is 0 Å². The molecule has 4 rings (SSSR count). The minimum Gasteiger partial charge on any atom is -0.353 e. The van der Waals surface area contributed by atoms with Crippen LogP contribution in [0.25, 0.3) is 11.3 Å². The largest absolute Gasteiger partial charge is 0.353 e. The topological polar surface area (TPSA) is 78.4 Å². The fraction of sp³-hybridized carbons (Fsp3) is 0.273. The van der Waals surface area contributed by atoms with E-state index in [1.54, 1.807) is 36.4 Å². The number of nitrogens with one attached hydrogen (secondary N) is 1. The monoisotopic (exact) mass is 423 g/mol. The van der Waals surface area contributed by atoms with E-state index in [2.05, 4.69) is 31.8 Å². The Bertz CT molecular complexity index is 1120. The number of aromatic nitrogens is 2. The minimum absolute atomic E-state index is 0.240. The zero-order valence-electron chi connectivity index (χ0n) is 17.1. The smallest absolute Gasteiger partial charge is 0.261 e. The van der Waals surface area contributed by atoms with E-state index in [0.717, 1.165) is 43.1 Å². The Balaban J connectivity index is 1.52. The molecule has 1 saturated heterocycles. The van der Waals surface area contributed by atoms with Crippen molar-refractivity contribution in [3.8, 4) is 11.3 Å². The van der Waals surface area contributed by atoms with Crippen LogP contribution >= 0.6 is 0 Å². The van der Waals surface area contributed by atoms with Crippen LogP contribution in [0, 0.1) is 6.92 Å². The zero-order chi connectivity index (χ0) is 21.1. The summed E-state index contributed by atoms with van der Waals surface area (Å²) < 4.78 is 28.0. The van der Waals surface area contributed by atoms with Gasteiger partial charge in [-0.25, -0.2) is 8.42 Å². The summed E-state index contributed by atoms with van der Waals surface area (Å²) in [5, 5.41) is 8.75. The molecule has 2 heterocycles. The lowest BCUT2D eigenvalue weighted by atomic mass is 10.1. The molecule has 30 heavy (non-hydrogen) atoms. The van der Waals surface area contributed by atoms with E-state index >= 15 is 0 Å². The Labute approximate surface area is 177 Å².